The second-order valence-electron chi connectivity index (χ2n) is 4.43. The van der Waals surface area contributed by atoms with E-state index in [1.807, 2.05) is 6.07 Å². The normalized spacial score (nSPS) is 9.90. The molecule has 0 radical (unpaired) electrons. The molecule has 21 heavy (non-hydrogen) atoms. The molecule has 1 amide bonds. The molecule has 0 fully saturated rings. The maximum absolute atomic E-state index is 12.6. The first-order valence-electron chi connectivity index (χ1n) is 6.44. The molecule has 0 spiro atoms. The number of nitrogens with two attached hydrogens (primary N) is 1. The van der Waals surface area contributed by atoms with Gasteiger partial charge in [0.05, 0.1) is 29.6 Å². The highest BCUT2D eigenvalue weighted by Gasteiger charge is 2.18. The van der Waals surface area contributed by atoms with E-state index >= 15 is 0 Å². The van der Waals surface area contributed by atoms with Gasteiger partial charge in [0.15, 0.2) is 0 Å². The van der Waals surface area contributed by atoms with Crippen LogP contribution in [-0.2, 0) is 0 Å². The predicted octanol–water partition coefficient (Wildman–Crippen LogP) is 1.78. The van der Waals surface area contributed by atoms with Crippen LogP contribution in [0.1, 0.15) is 15.9 Å². The van der Waals surface area contributed by atoms with E-state index < -0.39 is 0 Å². The molecule has 106 valence electrons. The lowest BCUT2D eigenvalue weighted by molar-refractivity contribution is 0.0981. The number of carbonyl (C=O) groups excluding carboxylic acids is 1. The Kier molecular flexibility index (Phi) is 4.54. The largest absolute Gasteiger partial charge is 0.397 e. The third kappa shape index (κ3) is 3.19. The van der Waals surface area contributed by atoms with Gasteiger partial charge in [0, 0.05) is 12.1 Å². The van der Waals surface area contributed by atoms with Crippen LogP contribution in [0.2, 0.25) is 0 Å². The third-order valence-corrected chi connectivity index (χ3v) is 3.06. The number of rotatable bonds is 4. The molecular weight excluding hydrogens is 266 g/mol. The van der Waals surface area contributed by atoms with Crippen LogP contribution in [0.25, 0.3) is 0 Å². The minimum absolute atomic E-state index is 0.146. The van der Waals surface area contributed by atoms with E-state index in [4.69, 9.17) is 11.0 Å². The van der Waals surface area contributed by atoms with E-state index in [2.05, 4.69) is 0 Å². The Labute approximate surface area is 122 Å². The van der Waals surface area contributed by atoms with Crippen LogP contribution in [0.3, 0.4) is 0 Å². The molecule has 5 heteroatoms. The Morgan fingerprint density at radius 3 is 2.43 bits per heavy atom. The van der Waals surface area contributed by atoms with Crippen LogP contribution in [0.5, 0.6) is 0 Å². The smallest absolute Gasteiger partial charge is 0.258 e. The Morgan fingerprint density at radius 2 is 1.86 bits per heavy atom. The Balaban J connectivity index is 2.35. The first-order valence-corrected chi connectivity index (χ1v) is 6.44. The minimum Gasteiger partial charge on any atom is -0.397 e. The van der Waals surface area contributed by atoms with Crippen LogP contribution >= 0.6 is 0 Å². The van der Waals surface area contributed by atoms with Crippen molar-refractivity contribution in [3.8, 4) is 6.07 Å². The molecule has 0 aliphatic rings. The summed E-state index contributed by atoms with van der Waals surface area (Å²) in [6.07, 6.45) is 0. The summed E-state index contributed by atoms with van der Waals surface area (Å²) in [6, 6.07) is 15.3. The van der Waals surface area contributed by atoms with Gasteiger partial charge in [-0.2, -0.15) is 5.26 Å². The second kappa shape index (κ2) is 6.55. The standard InChI is InChI=1S/C16H15N3O2/c17-11-12-5-7-13(8-6-12)16(21)19(9-10-20)15-4-2-1-3-14(15)18/h1-8,20H,9-10,18H2. The summed E-state index contributed by atoms with van der Waals surface area (Å²) in [5.74, 6) is -0.272. The molecule has 0 bridgehead atoms. The molecule has 2 aromatic rings. The van der Waals surface area contributed by atoms with Crippen LogP contribution in [0.15, 0.2) is 48.5 Å². The Hall–Kier alpha value is -2.84. The van der Waals surface area contributed by atoms with Crippen molar-refractivity contribution in [1.29, 1.82) is 5.26 Å². The predicted molar refractivity (Wildman–Crippen MR) is 80.8 cm³/mol. The number of anilines is 2. The van der Waals surface area contributed by atoms with Gasteiger partial charge in [-0.05, 0) is 36.4 Å². The zero-order chi connectivity index (χ0) is 15.2. The summed E-state index contributed by atoms with van der Waals surface area (Å²) < 4.78 is 0. The lowest BCUT2D eigenvalue weighted by atomic mass is 10.1. The van der Waals surface area contributed by atoms with Crippen molar-refractivity contribution >= 4 is 17.3 Å². The molecule has 0 aliphatic carbocycles. The maximum Gasteiger partial charge on any atom is 0.258 e. The quantitative estimate of drug-likeness (QED) is 0.836. The van der Waals surface area contributed by atoms with E-state index in [0.717, 1.165) is 0 Å². The fraction of sp³-hybridized carbons (Fsp3) is 0.125. The molecule has 0 aromatic heterocycles. The highest BCUT2D eigenvalue weighted by atomic mass is 16.3. The SMILES string of the molecule is N#Cc1ccc(C(=O)N(CCO)c2ccccc2N)cc1. The topological polar surface area (TPSA) is 90.3 Å². The van der Waals surface area contributed by atoms with Crippen molar-refractivity contribution < 1.29 is 9.90 Å². The molecule has 0 atom stereocenters. The van der Waals surface area contributed by atoms with Gasteiger partial charge in [-0.15, -0.1) is 0 Å². The molecular formula is C16H15N3O2. The van der Waals surface area contributed by atoms with Crippen molar-refractivity contribution in [1.82, 2.24) is 0 Å². The first kappa shape index (κ1) is 14.6. The lowest BCUT2D eigenvalue weighted by Gasteiger charge is -2.23. The van der Waals surface area contributed by atoms with Gasteiger partial charge in [0.25, 0.3) is 5.91 Å². The van der Waals surface area contributed by atoms with Gasteiger partial charge in [-0.1, -0.05) is 12.1 Å². The number of hydrogen-bond donors (Lipinski definition) is 2. The number of amides is 1. The van der Waals surface area contributed by atoms with Crippen molar-refractivity contribution in [2.24, 2.45) is 0 Å². The molecule has 2 rings (SSSR count). The molecule has 0 aliphatic heterocycles. The van der Waals surface area contributed by atoms with E-state index in [-0.39, 0.29) is 19.1 Å². The van der Waals surface area contributed by atoms with Gasteiger partial charge >= 0.3 is 0 Å². The van der Waals surface area contributed by atoms with E-state index in [9.17, 15) is 9.90 Å². The second-order valence-corrected chi connectivity index (χ2v) is 4.43. The van der Waals surface area contributed by atoms with Crippen LogP contribution < -0.4 is 10.6 Å². The number of aliphatic hydroxyl groups is 1. The molecule has 3 N–H and O–H groups in total. The average Bonchev–Trinajstić information content (AvgIpc) is 2.53. The van der Waals surface area contributed by atoms with Crippen molar-refractivity contribution in [2.75, 3.05) is 23.8 Å². The number of nitriles is 1. The molecule has 0 saturated carbocycles. The fourth-order valence-electron chi connectivity index (χ4n) is 2.01. The summed E-state index contributed by atoms with van der Waals surface area (Å²) in [4.78, 5) is 14.0. The van der Waals surface area contributed by atoms with Gasteiger partial charge in [0.1, 0.15) is 0 Å². The summed E-state index contributed by atoms with van der Waals surface area (Å²) >= 11 is 0. The minimum atomic E-state index is -0.272. The number of benzene rings is 2. The van der Waals surface area contributed by atoms with Crippen molar-refractivity contribution in [3.63, 3.8) is 0 Å². The van der Waals surface area contributed by atoms with E-state index in [1.54, 1.807) is 48.5 Å². The number of para-hydroxylation sites is 2. The van der Waals surface area contributed by atoms with Gasteiger partial charge in [-0.25, -0.2) is 0 Å². The van der Waals surface area contributed by atoms with Crippen molar-refractivity contribution in [3.05, 3.63) is 59.7 Å². The summed E-state index contributed by atoms with van der Waals surface area (Å²) in [5.41, 5.74) is 7.84. The molecule has 0 saturated heterocycles. The van der Waals surface area contributed by atoms with Gasteiger partial charge in [0.2, 0.25) is 0 Å². The number of hydrogen-bond acceptors (Lipinski definition) is 4. The number of aliphatic hydroxyl groups excluding tert-OH is 1. The number of nitrogens with zero attached hydrogens (tertiary/aromatic N) is 2. The molecule has 5 nitrogen and oxygen atoms in total. The van der Waals surface area contributed by atoms with E-state index in [0.29, 0.717) is 22.5 Å². The fourth-order valence-corrected chi connectivity index (χ4v) is 2.01. The Bertz CT molecular complexity index is 675. The van der Waals surface area contributed by atoms with Crippen molar-refractivity contribution in [2.45, 2.75) is 0 Å². The maximum atomic E-state index is 12.6. The highest BCUT2D eigenvalue weighted by molar-refractivity contribution is 6.07. The first-order chi connectivity index (χ1) is 10.2. The summed E-state index contributed by atoms with van der Waals surface area (Å²) in [5, 5.41) is 18.0. The number of nitrogen functional groups attached to an aromatic ring is 1. The molecule has 0 unspecified atom stereocenters. The zero-order valence-electron chi connectivity index (χ0n) is 11.4. The van der Waals surface area contributed by atoms with Gasteiger partial charge in [-0.3, -0.25) is 4.79 Å². The lowest BCUT2D eigenvalue weighted by Crippen LogP contribution is -2.34. The third-order valence-electron chi connectivity index (χ3n) is 3.06. The monoisotopic (exact) mass is 281 g/mol. The summed E-state index contributed by atoms with van der Waals surface area (Å²) in [7, 11) is 0. The van der Waals surface area contributed by atoms with Gasteiger partial charge < -0.3 is 15.7 Å². The highest BCUT2D eigenvalue weighted by Crippen LogP contribution is 2.24. The van der Waals surface area contributed by atoms with Crippen LogP contribution in [-0.4, -0.2) is 24.2 Å². The zero-order valence-corrected chi connectivity index (χ0v) is 11.4. The van der Waals surface area contributed by atoms with E-state index in [1.165, 1.54) is 4.90 Å². The molecule has 2 aromatic carbocycles. The number of carbonyl (C=O) groups is 1. The Morgan fingerprint density at radius 1 is 1.19 bits per heavy atom. The van der Waals surface area contributed by atoms with Crippen LogP contribution in [0.4, 0.5) is 11.4 Å². The summed E-state index contributed by atoms with van der Waals surface area (Å²) in [6.45, 7) is -0.0244. The van der Waals surface area contributed by atoms with Crippen LogP contribution in [0, 0.1) is 11.3 Å². The average molecular weight is 281 g/mol. The molecule has 0 heterocycles.